The van der Waals surface area contributed by atoms with Gasteiger partial charge in [-0.2, -0.15) is 10.2 Å². The zero-order chi connectivity index (χ0) is 12.7. The highest BCUT2D eigenvalue weighted by atomic mass is 79.9. The van der Waals surface area contributed by atoms with Crippen LogP contribution in [0.5, 0.6) is 0 Å². The molecule has 2 rings (SSSR count). The SMILES string of the molecule is Cc1nn(Cn2nc(C)c(Br)c2C)c(C)c1Br. The van der Waals surface area contributed by atoms with Gasteiger partial charge in [0.05, 0.1) is 31.7 Å². The molecule has 0 spiro atoms. The molecule has 0 bridgehead atoms. The average Bonchev–Trinajstić information content (AvgIpc) is 2.66. The molecule has 0 N–H and O–H groups in total. The summed E-state index contributed by atoms with van der Waals surface area (Å²) in [6.07, 6.45) is 0. The molecule has 17 heavy (non-hydrogen) atoms. The largest absolute Gasteiger partial charge is 0.247 e. The zero-order valence-corrected chi connectivity index (χ0v) is 13.4. The van der Waals surface area contributed by atoms with Gasteiger partial charge in [0.2, 0.25) is 0 Å². The molecule has 6 heteroatoms. The molecule has 0 atom stereocenters. The first-order valence-corrected chi connectivity index (χ1v) is 6.89. The third kappa shape index (κ3) is 2.20. The van der Waals surface area contributed by atoms with Gasteiger partial charge in [-0.15, -0.1) is 0 Å². The normalized spacial score (nSPS) is 11.2. The summed E-state index contributed by atoms with van der Waals surface area (Å²) in [6.45, 7) is 8.71. The van der Waals surface area contributed by atoms with Crippen LogP contribution in [0.3, 0.4) is 0 Å². The highest BCUT2D eigenvalue weighted by Gasteiger charge is 2.12. The maximum absolute atomic E-state index is 4.48. The molecule has 2 heterocycles. The van der Waals surface area contributed by atoms with Crippen molar-refractivity contribution in [1.29, 1.82) is 0 Å². The molecule has 0 unspecified atom stereocenters. The summed E-state index contributed by atoms with van der Waals surface area (Å²) in [4.78, 5) is 0. The average molecular weight is 362 g/mol. The van der Waals surface area contributed by atoms with Crippen molar-refractivity contribution in [2.45, 2.75) is 34.4 Å². The van der Waals surface area contributed by atoms with Gasteiger partial charge in [-0.25, -0.2) is 9.36 Å². The van der Waals surface area contributed by atoms with E-state index in [1.54, 1.807) is 0 Å². The van der Waals surface area contributed by atoms with Gasteiger partial charge >= 0.3 is 0 Å². The highest BCUT2D eigenvalue weighted by Crippen LogP contribution is 2.22. The van der Waals surface area contributed by atoms with E-state index >= 15 is 0 Å². The van der Waals surface area contributed by atoms with E-state index in [0.717, 1.165) is 31.7 Å². The first-order valence-electron chi connectivity index (χ1n) is 5.30. The lowest BCUT2D eigenvalue weighted by atomic mass is 10.4. The molecule has 0 aromatic carbocycles. The standard InChI is InChI=1S/C11H14Br2N4/c1-6-10(12)8(3)16(14-6)5-17-9(4)11(13)7(2)15-17/h5H2,1-4H3. The minimum atomic E-state index is 0.635. The van der Waals surface area contributed by atoms with E-state index in [2.05, 4.69) is 42.1 Å². The van der Waals surface area contributed by atoms with Crippen LogP contribution < -0.4 is 0 Å². The first kappa shape index (κ1) is 12.8. The molecule has 0 aliphatic heterocycles. The Bertz CT molecular complexity index is 518. The summed E-state index contributed by atoms with van der Waals surface area (Å²) < 4.78 is 6.03. The van der Waals surface area contributed by atoms with Crippen LogP contribution in [-0.4, -0.2) is 19.6 Å². The van der Waals surface area contributed by atoms with Crippen molar-refractivity contribution < 1.29 is 0 Å². The Morgan fingerprint density at radius 3 is 1.41 bits per heavy atom. The molecular formula is C11H14Br2N4. The van der Waals surface area contributed by atoms with Gasteiger partial charge in [0.15, 0.2) is 0 Å². The molecule has 0 radical (unpaired) electrons. The van der Waals surface area contributed by atoms with Gasteiger partial charge in [-0.05, 0) is 59.6 Å². The van der Waals surface area contributed by atoms with E-state index in [0.29, 0.717) is 6.67 Å². The smallest absolute Gasteiger partial charge is 0.133 e. The van der Waals surface area contributed by atoms with Crippen LogP contribution in [0.25, 0.3) is 0 Å². The maximum Gasteiger partial charge on any atom is 0.133 e. The van der Waals surface area contributed by atoms with Crippen molar-refractivity contribution in [1.82, 2.24) is 19.6 Å². The second-order valence-electron chi connectivity index (χ2n) is 4.11. The summed E-state index contributed by atoms with van der Waals surface area (Å²) in [5.41, 5.74) is 4.24. The van der Waals surface area contributed by atoms with E-state index in [1.165, 1.54) is 0 Å². The minimum Gasteiger partial charge on any atom is -0.247 e. The fraction of sp³-hybridized carbons (Fsp3) is 0.455. The quantitative estimate of drug-likeness (QED) is 0.822. The van der Waals surface area contributed by atoms with Crippen LogP contribution >= 0.6 is 31.9 Å². The van der Waals surface area contributed by atoms with E-state index in [9.17, 15) is 0 Å². The Labute approximate surface area is 117 Å². The number of hydrogen-bond donors (Lipinski definition) is 0. The van der Waals surface area contributed by atoms with E-state index in [4.69, 9.17) is 0 Å². The molecule has 4 nitrogen and oxygen atoms in total. The Balaban J connectivity index is 2.38. The van der Waals surface area contributed by atoms with E-state index in [1.807, 2.05) is 37.1 Å². The summed E-state index contributed by atoms with van der Waals surface area (Å²) in [5, 5.41) is 8.96. The van der Waals surface area contributed by atoms with Gasteiger partial charge in [0.1, 0.15) is 6.67 Å². The van der Waals surface area contributed by atoms with Crippen LogP contribution in [-0.2, 0) is 6.67 Å². The summed E-state index contributed by atoms with van der Waals surface area (Å²) >= 11 is 7.06. The highest BCUT2D eigenvalue weighted by molar-refractivity contribution is 9.10. The van der Waals surface area contributed by atoms with Gasteiger partial charge in [0.25, 0.3) is 0 Å². The zero-order valence-electron chi connectivity index (χ0n) is 10.3. The van der Waals surface area contributed by atoms with Gasteiger partial charge in [0, 0.05) is 0 Å². The van der Waals surface area contributed by atoms with Gasteiger partial charge in [-0.1, -0.05) is 0 Å². The van der Waals surface area contributed by atoms with Crippen LogP contribution in [0, 0.1) is 27.7 Å². The molecule has 0 amide bonds. The molecule has 2 aromatic rings. The lowest BCUT2D eigenvalue weighted by Crippen LogP contribution is -2.13. The van der Waals surface area contributed by atoms with Crippen LogP contribution in [0.4, 0.5) is 0 Å². The molecule has 0 saturated carbocycles. The Hall–Kier alpha value is -0.620. The topological polar surface area (TPSA) is 35.6 Å². The molecule has 0 saturated heterocycles. The van der Waals surface area contributed by atoms with E-state index < -0.39 is 0 Å². The maximum atomic E-state index is 4.48. The molecular weight excluding hydrogens is 348 g/mol. The number of rotatable bonds is 2. The van der Waals surface area contributed by atoms with Crippen molar-refractivity contribution in [3.63, 3.8) is 0 Å². The molecule has 2 aromatic heterocycles. The summed E-state index contributed by atoms with van der Waals surface area (Å²) in [7, 11) is 0. The predicted molar refractivity (Wildman–Crippen MR) is 74.2 cm³/mol. The Kier molecular flexibility index (Phi) is 3.45. The number of nitrogens with zero attached hydrogens (tertiary/aromatic N) is 4. The fourth-order valence-corrected chi connectivity index (χ4v) is 2.32. The fourth-order valence-electron chi connectivity index (χ4n) is 1.75. The second-order valence-corrected chi connectivity index (χ2v) is 5.70. The lowest BCUT2D eigenvalue weighted by molar-refractivity contribution is 0.480. The Morgan fingerprint density at radius 1 is 0.824 bits per heavy atom. The van der Waals surface area contributed by atoms with Crippen molar-refractivity contribution in [2.75, 3.05) is 0 Å². The predicted octanol–water partition coefficient (Wildman–Crippen LogP) is 3.34. The number of hydrogen-bond acceptors (Lipinski definition) is 2. The van der Waals surface area contributed by atoms with Crippen molar-refractivity contribution in [2.24, 2.45) is 0 Å². The van der Waals surface area contributed by atoms with Crippen molar-refractivity contribution in [3.8, 4) is 0 Å². The van der Waals surface area contributed by atoms with Crippen LogP contribution in [0.2, 0.25) is 0 Å². The molecule has 0 aliphatic carbocycles. The first-order chi connectivity index (χ1) is 7.91. The number of halogens is 2. The van der Waals surface area contributed by atoms with Gasteiger partial charge in [-0.3, -0.25) is 0 Å². The van der Waals surface area contributed by atoms with Gasteiger partial charge < -0.3 is 0 Å². The molecule has 0 fully saturated rings. The summed E-state index contributed by atoms with van der Waals surface area (Å²) in [5.74, 6) is 0. The monoisotopic (exact) mass is 360 g/mol. The van der Waals surface area contributed by atoms with Crippen molar-refractivity contribution in [3.05, 3.63) is 31.7 Å². The number of aryl methyl sites for hydroxylation is 2. The summed E-state index contributed by atoms with van der Waals surface area (Å²) in [6, 6.07) is 0. The second kappa shape index (κ2) is 4.57. The molecule has 92 valence electrons. The van der Waals surface area contributed by atoms with Crippen molar-refractivity contribution >= 4 is 31.9 Å². The third-order valence-corrected chi connectivity index (χ3v) is 5.15. The van der Waals surface area contributed by atoms with Crippen LogP contribution in [0.15, 0.2) is 8.95 Å². The Morgan fingerprint density at radius 2 is 1.18 bits per heavy atom. The minimum absolute atomic E-state index is 0.635. The van der Waals surface area contributed by atoms with E-state index in [-0.39, 0.29) is 0 Å². The third-order valence-electron chi connectivity index (χ3n) is 2.85. The molecule has 0 aliphatic rings. The number of aromatic nitrogens is 4. The lowest BCUT2D eigenvalue weighted by Gasteiger charge is -2.06. The van der Waals surface area contributed by atoms with Crippen LogP contribution in [0.1, 0.15) is 22.8 Å².